The molecule has 1 aliphatic carbocycles. The third-order valence-corrected chi connectivity index (χ3v) is 4.40. The molecule has 0 bridgehead atoms. The number of nitrogens with zero attached hydrogens (tertiary/aromatic N) is 2. The Morgan fingerprint density at radius 3 is 2.45 bits per heavy atom. The lowest BCUT2D eigenvalue weighted by atomic mass is 9.70. The number of aryl methyl sites for hydroxylation is 1. The van der Waals surface area contributed by atoms with Crippen LogP contribution in [0.15, 0.2) is 23.3 Å². The van der Waals surface area contributed by atoms with E-state index in [-0.39, 0.29) is 11.5 Å². The van der Waals surface area contributed by atoms with Crippen molar-refractivity contribution in [2.75, 3.05) is 7.05 Å². The van der Waals surface area contributed by atoms with Gasteiger partial charge in [0.05, 0.1) is 5.69 Å². The van der Waals surface area contributed by atoms with E-state index in [0.717, 1.165) is 11.3 Å². The molecule has 0 amide bonds. The van der Waals surface area contributed by atoms with Gasteiger partial charge >= 0.3 is 0 Å². The van der Waals surface area contributed by atoms with Crippen LogP contribution in [0.1, 0.15) is 37.9 Å². The minimum Gasteiger partial charge on any atom is -0.312 e. The molecule has 20 heavy (non-hydrogen) atoms. The first-order valence-electron chi connectivity index (χ1n) is 6.85. The molecule has 0 saturated heterocycles. The van der Waals surface area contributed by atoms with Crippen molar-refractivity contribution in [1.82, 2.24) is 15.3 Å². The van der Waals surface area contributed by atoms with Gasteiger partial charge in [0.15, 0.2) is 0 Å². The maximum absolute atomic E-state index is 6.26. The fourth-order valence-electron chi connectivity index (χ4n) is 3.36. The predicted octanol–water partition coefficient (Wildman–Crippen LogP) is 3.50. The fourth-order valence-corrected chi connectivity index (χ4v) is 3.58. The van der Waals surface area contributed by atoms with Crippen molar-refractivity contribution >= 4 is 11.6 Å². The molecule has 1 heterocycles. The summed E-state index contributed by atoms with van der Waals surface area (Å²) in [5.74, 6) is 0.713. The van der Waals surface area contributed by atoms with Crippen molar-refractivity contribution in [3.05, 3.63) is 45.5 Å². The summed E-state index contributed by atoms with van der Waals surface area (Å²) >= 11 is 6.26. The summed E-state index contributed by atoms with van der Waals surface area (Å²) in [5.41, 5.74) is 4.30. The van der Waals surface area contributed by atoms with E-state index in [2.05, 4.69) is 48.2 Å². The SMILES string of the molecule is CNC1C(C)=CC(C)=CC1(C)c1nc(C)nc(Cl)c1C. The van der Waals surface area contributed by atoms with E-state index in [1.165, 1.54) is 11.1 Å². The van der Waals surface area contributed by atoms with Crippen molar-refractivity contribution < 1.29 is 0 Å². The number of likely N-dealkylation sites (N-methyl/N-ethyl adjacent to an activating group) is 1. The van der Waals surface area contributed by atoms with Crippen LogP contribution in [0.25, 0.3) is 0 Å². The molecule has 108 valence electrons. The van der Waals surface area contributed by atoms with E-state index in [0.29, 0.717) is 11.0 Å². The van der Waals surface area contributed by atoms with Crippen LogP contribution in [-0.4, -0.2) is 23.1 Å². The Balaban J connectivity index is 2.68. The number of aromatic nitrogens is 2. The molecule has 4 heteroatoms. The van der Waals surface area contributed by atoms with Gasteiger partial charge in [0.2, 0.25) is 0 Å². The number of nitrogens with one attached hydrogen (secondary N) is 1. The molecule has 2 atom stereocenters. The van der Waals surface area contributed by atoms with E-state index in [9.17, 15) is 0 Å². The Morgan fingerprint density at radius 2 is 1.85 bits per heavy atom. The Labute approximate surface area is 126 Å². The lowest BCUT2D eigenvalue weighted by molar-refractivity contribution is 0.424. The van der Waals surface area contributed by atoms with Crippen molar-refractivity contribution in [1.29, 1.82) is 0 Å². The average molecular weight is 292 g/mol. The summed E-state index contributed by atoms with van der Waals surface area (Å²) < 4.78 is 0. The van der Waals surface area contributed by atoms with Crippen molar-refractivity contribution in [2.24, 2.45) is 0 Å². The molecule has 0 aromatic carbocycles. The van der Waals surface area contributed by atoms with Gasteiger partial charge in [-0.1, -0.05) is 34.9 Å². The largest absolute Gasteiger partial charge is 0.312 e. The Hall–Kier alpha value is -1.19. The van der Waals surface area contributed by atoms with Crippen molar-refractivity contribution in [3.63, 3.8) is 0 Å². The molecule has 0 fully saturated rings. The highest BCUT2D eigenvalue weighted by Gasteiger charge is 2.39. The molecule has 0 saturated carbocycles. The first-order valence-corrected chi connectivity index (χ1v) is 7.23. The van der Waals surface area contributed by atoms with Crippen LogP contribution in [0, 0.1) is 13.8 Å². The van der Waals surface area contributed by atoms with E-state index < -0.39 is 0 Å². The van der Waals surface area contributed by atoms with Gasteiger partial charge in [-0.2, -0.15) is 0 Å². The first kappa shape index (κ1) is 15.2. The van der Waals surface area contributed by atoms with Crippen LogP contribution in [0.5, 0.6) is 0 Å². The van der Waals surface area contributed by atoms with Gasteiger partial charge in [0, 0.05) is 17.0 Å². The van der Waals surface area contributed by atoms with E-state index in [4.69, 9.17) is 11.6 Å². The minimum absolute atomic E-state index is 0.204. The normalized spacial score (nSPS) is 26.2. The number of allylic oxidation sites excluding steroid dienone is 2. The Kier molecular flexibility index (Phi) is 4.03. The highest BCUT2D eigenvalue weighted by molar-refractivity contribution is 6.30. The number of hydrogen-bond acceptors (Lipinski definition) is 3. The number of halogens is 1. The topological polar surface area (TPSA) is 37.8 Å². The Bertz CT molecular complexity index is 604. The quantitative estimate of drug-likeness (QED) is 0.848. The van der Waals surface area contributed by atoms with Crippen LogP contribution in [-0.2, 0) is 5.41 Å². The van der Waals surface area contributed by atoms with E-state index >= 15 is 0 Å². The van der Waals surface area contributed by atoms with Gasteiger partial charge in [-0.25, -0.2) is 9.97 Å². The fraction of sp³-hybridized carbons (Fsp3) is 0.500. The first-order chi connectivity index (χ1) is 9.29. The van der Waals surface area contributed by atoms with Crippen LogP contribution >= 0.6 is 11.6 Å². The van der Waals surface area contributed by atoms with E-state index in [1.54, 1.807) is 0 Å². The minimum atomic E-state index is -0.223. The van der Waals surface area contributed by atoms with Gasteiger partial charge in [0.1, 0.15) is 11.0 Å². The Morgan fingerprint density at radius 1 is 1.20 bits per heavy atom. The van der Waals surface area contributed by atoms with Gasteiger partial charge in [-0.05, 0) is 41.7 Å². The molecule has 1 aromatic heterocycles. The molecule has 1 N–H and O–H groups in total. The summed E-state index contributed by atoms with van der Waals surface area (Å²) in [6, 6.07) is 0.204. The zero-order valence-corrected chi connectivity index (χ0v) is 13.8. The molecule has 1 aromatic rings. The molecule has 0 aliphatic heterocycles. The average Bonchev–Trinajstić information content (AvgIpc) is 2.32. The van der Waals surface area contributed by atoms with Crippen LogP contribution in [0.4, 0.5) is 0 Å². The zero-order chi connectivity index (χ0) is 15.1. The summed E-state index contributed by atoms with van der Waals surface area (Å²) in [6.45, 7) is 10.4. The van der Waals surface area contributed by atoms with Crippen LogP contribution in [0.2, 0.25) is 5.15 Å². The summed E-state index contributed by atoms with van der Waals surface area (Å²) in [6.07, 6.45) is 4.49. The molecule has 2 rings (SSSR count). The molecule has 3 nitrogen and oxygen atoms in total. The molecular formula is C16H22ClN3. The maximum atomic E-state index is 6.26. The van der Waals surface area contributed by atoms with Crippen LogP contribution in [0.3, 0.4) is 0 Å². The van der Waals surface area contributed by atoms with Crippen molar-refractivity contribution in [3.8, 4) is 0 Å². The molecule has 0 spiro atoms. The third kappa shape index (κ3) is 2.40. The maximum Gasteiger partial charge on any atom is 0.135 e. The highest BCUT2D eigenvalue weighted by Crippen LogP contribution is 2.39. The second-order valence-corrected chi connectivity index (χ2v) is 6.17. The van der Waals surface area contributed by atoms with E-state index in [1.807, 2.05) is 20.9 Å². The van der Waals surface area contributed by atoms with Gasteiger partial charge in [0.25, 0.3) is 0 Å². The molecule has 0 radical (unpaired) electrons. The van der Waals surface area contributed by atoms with Gasteiger partial charge < -0.3 is 5.32 Å². The van der Waals surface area contributed by atoms with Crippen molar-refractivity contribution in [2.45, 2.75) is 46.1 Å². The standard InChI is InChI=1S/C16H22ClN3/c1-9-7-10(2)13(18-6)16(5,8-9)14-11(3)15(17)20-12(4)19-14/h7-8,13,18H,1-6H3. The van der Waals surface area contributed by atoms with Crippen LogP contribution < -0.4 is 5.32 Å². The third-order valence-electron chi connectivity index (χ3n) is 4.04. The summed E-state index contributed by atoms with van der Waals surface area (Å²) in [7, 11) is 1.99. The zero-order valence-electron chi connectivity index (χ0n) is 13.0. The van der Waals surface area contributed by atoms with Gasteiger partial charge in [-0.3, -0.25) is 0 Å². The number of rotatable bonds is 2. The summed E-state index contributed by atoms with van der Waals surface area (Å²) in [4.78, 5) is 8.94. The van der Waals surface area contributed by atoms with Gasteiger partial charge in [-0.15, -0.1) is 0 Å². The lowest BCUT2D eigenvalue weighted by Crippen LogP contribution is -2.47. The monoisotopic (exact) mass is 291 g/mol. The molecule has 1 aliphatic rings. The lowest BCUT2D eigenvalue weighted by Gasteiger charge is -2.39. The second-order valence-electron chi connectivity index (χ2n) is 5.82. The predicted molar refractivity (Wildman–Crippen MR) is 84.2 cm³/mol. The second kappa shape index (κ2) is 5.30. The highest BCUT2D eigenvalue weighted by atomic mass is 35.5. The molecular weight excluding hydrogens is 270 g/mol. The molecule has 2 unspecified atom stereocenters. The smallest absolute Gasteiger partial charge is 0.135 e. The number of hydrogen-bond donors (Lipinski definition) is 1. The summed E-state index contributed by atoms with van der Waals surface area (Å²) in [5, 5.41) is 3.96.